The van der Waals surface area contributed by atoms with Crippen LogP contribution in [0.25, 0.3) is 0 Å². The molecule has 4 nitrogen and oxygen atoms in total. The van der Waals surface area contributed by atoms with Gasteiger partial charge in [0.25, 0.3) is 0 Å². The van der Waals surface area contributed by atoms with Crippen LogP contribution < -0.4 is 10.6 Å². The van der Waals surface area contributed by atoms with Crippen molar-refractivity contribution in [3.8, 4) is 0 Å². The molecule has 1 saturated carbocycles. The van der Waals surface area contributed by atoms with Crippen molar-refractivity contribution >= 4 is 23.5 Å². The van der Waals surface area contributed by atoms with Gasteiger partial charge in [0.15, 0.2) is 5.78 Å². The predicted octanol–water partition coefficient (Wildman–Crippen LogP) is 1.70. The van der Waals surface area contributed by atoms with Crippen molar-refractivity contribution in [2.24, 2.45) is 5.92 Å². The smallest absolute Gasteiger partial charge is 0.223 e. The van der Waals surface area contributed by atoms with Gasteiger partial charge >= 0.3 is 0 Å². The van der Waals surface area contributed by atoms with Crippen molar-refractivity contribution < 1.29 is 9.59 Å². The molecule has 1 heterocycles. The fourth-order valence-corrected chi connectivity index (χ4v) is 3.64. The summed E-state index contributed by atoms with van der Waals surface area (Å²) in [6.45, 7) is 0.703. The van der Waals surface area contributed by atoms with E-state index in [-0.39, 0.29) is 23.0 Å². The van der Waals surface area contributed by atoms with E-state index in [0.29, 0.717) is 13.0 Å². The molecule has 0 aromatic heterocycles. The Morgan fingerprint density at radius 2 is 2.32 bits per heavy atom. The van der Waals surface area contributed by atoms with Crippen LogP contribution in [0, 0.1) is 5.92 Å². The topological polar surface area (TPSA) is 58.2 Å². The minimum Gasteiger partial charge on any atom is -0.372 e. The van der Waals surface area contributed by atoms with E-state index < -0.39 is 0 Å². The molecule has 2 N–H and O–H groups in total. The zero-order valence-electron chi connectivity index (χ0n) is 10.8. The molecular weight excluding hydrogens is 260 g/mol. The molecule has 3 aliphatic rings. The molecule has 0 aromatic rings. The molecular formula is C14H18N2O2S. The largest absolute Gasteiger partial charge is 0.372 e. The number of carbonyl (C=O) groups excluding carboxylic acids is 2. The van der Waals surface area contributed by atoms with Gasteiger partial charge in [0.05, 0.1) is 5.37 Å². The Labute approximate surface area is 117 Å². The molecule has 5 heteroatoms. The Balaban J connectivity index is 1.43. The van der Waals surface area contributed by atoms with Crippen molar-refractivity contribution in [3.63, 3.8) is 0 Å². The highest BCUT2D eigenvalue weighted by Crippen LogP contribution is 2.37. The minimum atomic E-state index is 0.173. The molecule has 2 fully saturated rings. The molecule has 1 amide bonds. The normalized spacial score (nSPS) is 25.9. The third-order valence-corrected chi connectivity index (χ3v) is 5.06. The Morgan fingerprint density at radius 3 is 3.05 bits per heavy atom. The van der Waals surface area contributed by atoms with Crippen LogP contribution in [0.3, 0.4) is 0 Å². The van der Waals surface area contributed by atoms with Gasteiger partial charge in [-0.15, -0.1) is 0 Å². The second-order valence-corrected chi connectivity index (χ2v) is 6.50. The highest BCUT2D eigenvalue weighted by Gasteiger charge is 2.28. The van der Waals surface area contributed by atoms with Crippen molar-refractivity contribution in [2.75, 3.05) is 6.54 Å². The van der Waals surface area contributed by atoms with Crippen molar-refractivity contribution in [1.82, 2.24) is 10.6 Å². The van der Waals surface area contributed by atoms with E-state index in [9.17, 15) is 9.59 Å². The van der Waals surface area contributed by atoms with E-state index >= 15 is 0 Å². The summed E-state index contributed by atoms with van der Waals surface area (Å²) < 4.78 is 0. The van der Waals surface area contributed by atoms with Crippen LogP contribution in [-0.4, -0.2) is 23.6 Å². The standard InChI is InChI=1S/C14H18N2O2S/c17-10-4-5-11-12(8-10)19-13(16-11)6-7-15-14(18)9-2-1-3-9/h5,8-9,13,16H,1-4,6-7H2,(H,15,18). The highest BCUT2D eigenvalue weighted by molar-refractivity contribution is 8.04. The molecule has 1 saturated heterocycles. The molecule has 1 unspecified atom stereocenters. The maximum atomic E-state index is 11.7. The Morgan fingerprint density at radius 1 is 1.47 bits per heavy atom. The number of fused-ring (bicyclic) bond motifs is 1. The maximum absolute atomic E-state index is 11.7. The fraction of sp³-hybridized carbons (Fsp3) is 0.571. The number of thioether (sulfide) groups is 1. The Bertz CT molecular complexity index is 466. The number of allylic oxidation sites excluding steroid dienone is 2. The third kappa shape index (κ3) is 2.86. The molecule has 0 spiro atoms. The Kier molecular flexibility index (Phi) is 3.64. The lowest BCUT2D eigenvalue weighted by Crippen LogP contribution is -2.36. The van der Waals surface area contributed by atoms with Crippen LogP contribution in [0.1, 0.15) is 32.1 Å². The second-order valence-electron chi connectivity index (χ2n) is 5.26. The SMILES string of the molecule is O=C1C=C2SC(CCNC(=O)C3CCC3)NC2=CC1. The number of rotatable bonds is 4. The van der Waals surface area contributed by atoms with Gasteiger partial charge in [-0.1, -0.05) is 24.3 Å². The highest BCUT2D eigenvalue weighted by atomic mass is 32.2. The van der Waals surface area contributed by atoms with E-state index in [1.807, 2.05) is 6.08 Å². The van der Waals surface area contributed by atoms with Gasteiger partial charge in [-0.05, 0) is 25.3 Å². The monoisotopic (exact) mass is 278 g/mol. The number of hydrogen-bond acceptors (Lipinski definition) is 4. The first-order valence-corrected chi connectivity index (χ1v) is 7.76. The molecule has 102 valence electrons. The second kappa shape index (κ2) is 5.41. The molecule has 1 atom stereocenters. The van der Waals surface area contributed by atoms with Crippen LogP contribution in [0.5, 0.6) is 0 Å². The maximum Gasteiger partial charge on any atom is 0.223 e. The summed E-state index contributed by atoms with van der Waals surface area (Å²) in [5, 5.41) is 6.67. The summed E-state index contributed by atoms with van der Waals surface area (Å²) in [4.78, 5) is 24.0. The summed E-state index contributed by atoms with van der Waals surface area (Å²) in [5.74, 6) is 0.641. The summed E-state index contributed by atoms with van der Waals surface area (Å²) >= 11 is 1.69. The van der Waals surface area contributed by atoms with Crippen LogP contribution >= 0.6 is 11.8 Å². The lowest BCUT2D eigenvalue weighted by molar-refractivity contribution is -0.127. The van der Waals surface area contributed by atoms with Gasteiger partial charge in [0.1, 0.15) is 0 Å². The first-order valence-electron chi connectivity index (χ1n) is 6.88. The number of amides is 1. The molecule has 3 rings (SSSR count). The van der Waals surface area contributed by atoms with Gasteiger partial charge in [-0.2, -0.15) is 0 Å². The first kappa shape index (κ1) is 12.8. The predicted molar refractivity (Wildman–Crippen MR) is 75.3 cm³/mol. The summed E-state index contributed by atoms with van der Waals surface area (Å²) in [6.07, 6.45) is 8.34. The minimum absolute atomic E-state index is 0.173. The average Bonchev–Trinajstić information content (AvgIpc) is 2.68. The molecule has 19 heavy (non-hydrogen) atoms. The summed E-state index contributed by atoms with van der Waals surface area (Å²) in [5.41, 5.74) is 1.08. The van der Waals surface area contributed by atoms with Gasteiger partial charge in [0.2, 0.25) is 5.91 Å². The van der Waals surface area contributed by atoms with E-state index in [1.54, 1.807) is 17.8 Å². The molecule has 0 aromatic carbocycles. The fourth-order valence-electron chi connectivity index (χ4n) is 2.44. The lowest BCUT2D eigenvalue weighted by Gasteiger charge is -2.24. The number of hydrogen-bond donors (Lipinski definition) is 2. The van der Waals surface area contributed by atoms with Crippen LogP contribution in [0.15, 0.2) is 22.8 Å². The molecule has 1 aliphatic heterocycles. The number of carbonyl (C=O) groups is 2. The zero-order chi connectivity index (χ0) is 13.2. The summed E-state index contributed by atoms with van der Waals surface area (Å²) in [6, 6.07) is 0. The number of ketones is 1. The zero-order valence-corrected chi connectivity index (χ0v) is 11.6. The van der Waals surface area contributed by atoms with Crippen LogP contribution in [-0.2, 0) is 9.59 Å². The van der Waals surface area contributed by atoms with Gasteiger partial charge in [-0.3, -0.25) is 9.59 Å². The molecule has 0 radical (unpaired) electrons. The average molecular weight is 278 g/mol. The van der Waals surface area contributed by atoms with E-state index in [1.165, 1.54) is 6.42 Å². The quantitative estimate of drug-likeness (QED) is 0.822. The van der Waals surface area contributed by atoms with E-state index in [4.69, 9.17) is 0 Å². The van der Waals surface area contributed by atoms with Crippen molar-refractivity contribution in [1.29, 1.82) is 0 Å². The first-order chi connectivity index (χ1) is 9.22. The third-order valence-electron chi connectivity index (χ3n) is 3.83. The van der Waals surface area contributed by atoms with Gasteiger partial charge < -0.3 is 10.6 Å². The van der Waals surface area contributed by atoms with E-state index in [0.717, 1.165) is 29.9 Å². The molecule has 2 aliphatic carbocycles. The van der Waals surface area contributed by atoms with E-state index in [2.05, 4.69) is 10.6 Å². The van der Waals surface area contributed by atoms with Crippen molar-refractivity contribution in [3.05, 3.63) is 22.8 Å². The van der Waals surface area contributed by atoms with Crippen LogP contribution in [0.2, 0.25) is 0 Å². The lowest BCUT2D eigenvalue weighted by atomic mass is 9.85. The summed E-state index contributed by atoms with van der Waals surface area (Å²) in [7, 11) is 0. The van der Waals surface area contributed by atoms with Gasteiger partial charge in [0, 0.05) is 29.5 Å². The van der Waals surface area contributed by atoms with Crippen molar-refractivity contribution in [2.45, 2.75) is 37.5 Å². The number of nitrogens with one attached hydrogen (secondary N) is 2. The van der Waals surface area contributed by atoms with Gasteiger partial charge in [-0.25, -0.2) is 0 Å². The molecule has 0 bridgehead atoms. The Hall–Kier alpha value is -1.23. The van der Waals surface area contributed by atoms with Crippen LogP contribution in [0.4, 0.5) is 0 Å².